The lowest BCUT2D eigenvalue weighted by Crippen LogP contribution is -2.43. The second-order valence-corrected chi connectivity index (χ2v) is 13.7. The number of rotatable bonds is 11. The van der Waals surface area contributed by atoms with E-state index >= 15 is 0 Å². The minimum atomic E-state index is -3.74. The molecule has 216 valence electrons. The van der Waals surface area contributed by atoms with Crippen LogP contribution < -0.4 is 0 Å². The Hall–Kier alpha value is -3.01. The first-order valence-electron chi connectivity index (χ1n) is 13.9. The Morgan fingerprint density at radius 1 is 1.00 bits per heavy atom. The molecule has 4 rings (SSSR count). The molecular formula is C31H42N4O4S. The van der Waals surface area contributed by atoms with Crippen molar-refractivity contribution in [2.24, 2.45) is 5.41 Å². The normalized spacial score (nSPS) is 14.8. The van der Waals surface area contributed by atoms with Crippen LogP contribution >= 0.6 is 0 Å². The van der Waals surface area contributed by atoms with E-state index in [1.54, 1.807) is 10.8 Å². The second kappa shape index (κ2) is 13.1. The fourth-order valence-corrected chi connectivity index (χ4v) is 6.30. The van der Waals surface area contributed by atoms with Crippen LogP contribution in [0.15, 0.2) is 66.0 Å². The molecule has 1 amide bonds. The van der Waals surface area contributed by atoms with Crippen LogP contribution in [0, 0.1) is 12.3 Å². The number of imidazole rings is 1. The minimum absolute atomic E-state index is 0.0309. The number of hydrogen-bond donors (Lipinski definition) is 0. The van der Waals surface area contributed by atoms with Crippen LogP contribution in [-0.4, -0.2) is 73.1 Å². The van der Waals surface area contributed by atoms with Gasteiger partial charge in [-0.15, -0.1) is 0 Å². The molecule has 0 aliphatic carbocycles. The molecule has 1 saturated heterocycles. The molecule has 0 N–H and O–H groups in total. The minimum Gasteiger partial charge on any atom is -0.379 e. The van der Waals surface area contributed by atoms with Crippen molar-refractivity contribution in [1.29, 1.82) is 0 Å². The molecule has 1 aromatic heterocycles. The second-order valence-electron chi connectivity index (χ2n) is 11.9. The van der Waals surface area contributed by atoms with Gasteiger partial charge in [-0.2, -0.15) is 0 Å². The van der Waals surface area contributed by atoms with Gasteiger partial charge >= 0.3 is 0 Å². The topological polar surface area (TPSA) is 84.7 Å². The Morgan fingerprint density at radius 3 is 2.33 bits per heavy atom. The standard InChI is InChI=1S/C31H42N4O4S/c1-25-10-12-27(13-11-25)24-40(37,38)30-32-21-28(35(30)22-26-8-6-5-7-9-26)23-34(29(36)20-31(2,3)4)15-14-33-16-18-39-19-17-33/h5-13,21H,14-20,22-24H2,1-4H3. The molecule has 1 fully saturated rings. The van der Waals surface area contributed by atoms with Crippen LogP contribution in [0.5, 0.6) is 0 Å². The van der Waals surface area contributed by atoms with Gasteiger partial charge in [0.05, 0.1) is 43.9 Å². The number of aryl methyl sites for hydroxylation is 1. The largest absolute Gasteiger partial charge is 0.379 e. The van der Waals surface area contributed by atoms with Crippen LogP contribution in [0.1, 0.15) is 49.6 Å². The van der Waals surface area contributed by atoms with Crippen LogP contribution in [0.4, 0.5) is 0 Å². The molecule has 9 heteroatoms. The molecule has 0 bridgehead atoms. The number of hydrogen-bond acceptors (Lipinski definition) is 6. The van der Waals surface area contributed by atoms with Crippen molar-refractivity contribution in [3.8, 4) is 0 Å². The first-order chi connectivity index (χ1) is 19.0. The number of sulfone groups is 1. The molecule has 0 spiro atoms. The van der Waals surface area contributed by atoms with Crippen LogP contribution in [-0.2, 0) is 38.2 Å². The first-order valence-corrected chi connectivity index (χ1v) is 15.6. The summed E-state index contributed by atoms with van der Waals surface area (Å²) in [6.45, 7) is 13.2. The molecule has 0 saturated carbocycles. The Kier molecular flexibility index (Phi) is 9.81. The van der Waals surface area contributed by atoms with E-state index in [1.165, 1.54) is 0 Å². The summed E-state index contributed by atoms with van der Waals surface area (Å²) in [7, 11) is -3.74. The van der Waals surface area contributed by atoms with Crippen molar-refractivity contribution >= 4 is 15.7 Å². The van der Waals surface area contributed by atoms with Gasteiger partial charge in [-0.05, 0) is 23.5 Å². The fourth-order valence-electron chi connectivity index (χ4n) is 4.81. The number of benzene rings is 2. The van der Waals surface area contributed by atoms with E-state index in [4.69, 9.17) is 4.74 Å². The maximum atomic E-state index is 13.7. The zero-order valence-corrected chi connectivity index (χ0v) is 25.0. The van der Waals surface area contributed by atoms with Gasteiger partial charge in [-0.3, -0.25) is 9.69 Å². The average molecular weight is 567 g/mol. The van der Waals surface area contributed by atoms with E-state index < -0.39 is 9.84 Å². The fraction of sp³-hybridized carbons (Fsp3) is 0.484. The van der Waals surface area contributed by atoms with Gasteiger partial charge < -0.3 is 14.2 Å². The van der Waals surface area contributed by atoms with Crippen molar-refractivity contribution in [2.75, 3.05) is 39.4 Å². The predicted molar refractivity (Wildman–Crippen MR) is 157 cm³/mol. The predicted octanol–water partition coefficient (Wildman–Crippen LogP) is 4.31. The van der Waals surface area contributed by atoms with E-state index in [2.05, 4.69) is 30.7 Å². The van der Waals surface area contributed by atoms with Crippen LogP contribution in [0.25, 0.3) is 0 Å². The highest BCUT2D eigenvalue weighted by Gasteiger charge is 2.27. The molecule has 0 atom stereocenters. The van der Waals surface area contributed by atoms with Crippen molar-refractivity contribution in [3.63, 3.8) is 0 Å². The highest BCUT2D eigenvalue weighted by molar-refractivity contribution is 7.90. The van der Waals surface area contributed by atoms with Crippen molar-refractivity contribution < 1.29 is 17.9 Å². The molecule has 0 radical (unpaired) electrons. The zero-order valence-electron chi connectivity index (χ0n) is 24.2. The summed E-state index contributed by atoms with van der Waals surface area (Å²) in [5, 5.41) is 0.0309. The van der Waals surface area contributed by atoms with E-state index in [-0.39, 0.29) is 22.2 Å². The third kappa shape index (κ3) is 8.49. The number of carbonyl (C=O) groups is 1. The molecule has 1 aliphatic heterocycles. The smallest absolute Gasteiger partial charge is 0.228 e. The van der Waals surface area contributed by atoms with Crippen molar-refractivity contribution in [1.82, 2.24) is 19.4 Å². The number of ether oxygens (including phenoxy) is 1. The summed E-state index contributed by atoms with van der Waals surface area (Å²) in [6.07, 6.45) is 2.03. The molecule has 2 aromatic carbocycles. The first kappa shape index (κ1) is 30.0. The van der Waals surface area contributed by atoms with E-state index in [0.29, 0.717) is 50.5 Å². The van der Waals surface area contributed by atoms with Gasteiger partial charge in [-0.1, -0.05) is 80.9 Å². The monoisotopic (exact) mass is 566 g/mol. The highest BCUT2D eigenvalue weighted by Crippen LogP contribution is 2.23. The lowest BCUT2D eigenvalue weighted by Gasteiger charge is -2.31. The zero-order chi connectivity index (χ0) is 28.8. The number of aromatic nitrogens is 2. The van der Waals surface area contributed by atoms with E-state index in [1.807, 2.05) is 66.4 Å². The lowest BCUT2D eigenvalue weighted by molar-refractivity contribution is -0.134. The summed E-state index contributed by atoms with van der Waals surface area (Å²) in [5.41, 5.74) is 3.30. The Labute approximate surface area is 238 Å². The Bertz CT molecular complexity index is 1360. The summed E-state index contributed by atoms with van der Waals surface area (Å²) in [6, 6.07) is 17.3. The van der Waals surface area contributed by atoms with Crippen molar-refractivity contribution in [2.45, 2.75) is 58.1 Å². The SMILES string of the molecule is Cc1ccc(CS(=O)(=O)c2ncc(CN(CCN3CCOCC3)C(=O)CC(C)(C)C)n2Cc2ccccc2)cc1. The average Bonchev–Trinajstić information content (AvgIpc) is 3.30. The summed E-state index contributed by atoms with van der Waals surface area (Å²) in [5.74, 6) is -0.0836. The Morgan fingerprint density at radius 2 is 1.68 bits per heavy atom. The molecule has 3 aromatic rings. The third-order valence-electron chi connectivity index (χ3n) is 7.02. The molecule has 2 heterocycles. The van der Waals surface area contributed by atoms with Gasteiger partial charge in [0.1, 0.15) is 0 Å². The molecule has 8 nitrogen and oxygen atoms in total. The summed E-state index contributed by atoms with van der Waals surface area (Å²) in [4.78, 5) is 22.1. The van der Waals surface area contributed by atoms with Crippen molar-refractivity contribution in [3.05, 3.63) is 83.2 Å². The summed E-state index contributed by atoms with van der Waals surface area (Å²) >= 11 is 0. The van der Waals surface area contributed by atoms with Gasteiger partial charge in [-0.25, -0.2) is 13.4 Å². The number of carbonyl (C=O) groups excluding carboxylic acids is 1. The lowest BCUT2D eigenvalue weighted by atomic mass is 9.91. The van der Waals surface area contributed by atoms with Gasteiger partial charge in [0.25, 0.3) is 0 Å². The molecule has 0 unspecified atom stereocenters. The Balaban J connectivity index is 1.64. The number of amides is 1. The van der Waals surface area contributed by atoms with E-state index in [9.17, 15) is 13.2 Å². The molecule has 40 heavy (non-hydrogen) atoms. The van der Waals surface area contributed by atoms with Crippen LogP contribution in [0.2, 0.25) is 0 Å². The third-order valence-corrected chi connectivity index (χ3v) is 8.61. The summed E-state index contributed by atoms with van der Waals surface area (Å²) < 4.78 is 34.6. The highest BCUT2D eigenvalue weighted by atomic mass is 32.2. The number of nitrogens with zero attached hydrogens (tertiary/aromatic N) is 4. The van der Waals surface area contributed by atoms with Crippen LogP contribution in [0.3, 0.4) is 0 Å². The van der Waals surface area contributed by atoms with Gasteiger partial charge in [0.15, 0.2) is 0 Å². The molecular weight excluding hydrogens is 524 g/mol. The maximum absolute atomic E-state index is 13.7. The van der Waals surface area contributed by atoms with Gasteiger partial charge in [0, 0.05) is 32.6 Å². The quantitative estimate of drug-likeness (QED) is 0.344. The maximum Gasteiger partial charge on any atom is 0.228 e. The molecule has 1 aliphatic rings. The number of morpholine rings is 1. The van der Waals surface area contributed by atoms with Gasteiger partial charge in [0.2, 0.25) is 20.9 Å². The van der Waals surface area contributed by atoms with E-state index in [0.717, 1.165) is 30.8 Å².